The molecule has 86 valence electrons. The molecule has 0 aromatic rings. The molecule has 0 rings (SSSR count). The normalized spacial score (nSPS) is 15.9. The molecule has 0 saturated carbocycles. The van der Waals surface area contributed by atoms with E-state index in [1.165, 1.54) is 0 Å². The van der Waals surface area contributed by atoms with E-state index in [1.54, 1.807) is 0 Å². The van der Waals surface area contributed by atoms with E-state index in [0.29, 0.717) is 13.8 Å². The first-order chi connectivity index (χ1) is 5.75. The van der Waals surface area contributed by atoms with Gasteiger partial charge >= 0.3 is 6.18 Å². The Kier molecular flexibility index (Phi) is 2.99. The molecule has 14 heavy (non-hydrogen) atoms. The summed E-state index contributed by atoms with van der Waals surface area (Å²) in [4.78, 5) is 0. The highest BCUT2D eigenvalue weighted by molar-refractivity contribution is 4.98. The maximum atomic E-state index is 13.5. The first-order valence-corrected chi connectivity index (χ1v) is 4.19. The fraction of sp³-hybridized carbons (Fsp3) is 1.00. The molecular weight excluding hydrogens is 203 g/mol. The minimum Gasteiger partial charge on any atom is -0.205 e. The molecule has 0 unspecified atom stereocenters. The van der Waals surface area contributed by atoms with Crippen molar-refractivity contribution in [3.63, 3.8) is 0 Å². The van der Waals surface area contributed by atoms with E-state index in [-0.39, 0.29) is 0 Å². The van der Waals surface area contributed by atoms with Gasteiger partial charge in [0.25, 0.3) is 5.92 Å². The summed E-state index contributed by atoms with van der Waals surface area (Å²) in [6, 6.07) is 0. The minimum absolute atomic E-state index is 0.526. The number of hydrogen-bond acceptors (Lipinski definition) is 0. The van der Waals surface area contributed by atoms with Gasteiger partial charge in [0.1, 0.15) is 5.41 Å². The van der Waals surface area contributed by atoms with Crippen LogP contribution in [0, 0.1) is 10.8 Å². The average molecular weight is 218 g/mol. The molecule has 0 aliphatic heterocycles. The van der Waals surface area contributed by atoms with Crippen LogP contribution in [0.5, 0.6) is 0 Å². The minimum atomic E-state index is -4.91. The average Bonchev–Trinajstić information content (AvgIpc) is 1.81. The molecule has 0 amide bonds. The SMILES string of the molecule is CC(C)(C)C(F)(F)C(C)(C)C(F)(F)F. The molecule has 0 aromatic carbocycles. The van der Waals surface area contributed by atoms with Gasteiger partial charge < -0.3 is 0 Å². The third kappa shape index (κ3) is 1.86. The smallest absolute Gasteiger partial charge is 0.205 e. The summed E-state index contributed by atoms with van der Waals surface area (Å²) in [5.41, 5.74) is -4.73. The molecule has 0 bridgehead atoms. The molecule has 0 aromatic heterocycles. The molecular formula is C9H15F5. The highest BCUT2D eigenvalue weighted by atomic mass is 19.4. The van der Waals surface area contributed by atoms with Crippen molar-refractivity contribution in [2.75, 3.05) is 0 Å². The van der Waals surface area contributed by atoms with Gasteiger partial charge in [-0.15, -0.1) is 0 Å². The molecule has 0 fully saturated rings. The van der Waals surface area contributed by atoms with Crippen molar-refractivity contribution < 1.29 is 22.0 Å². The summed E-state index contributed by atoms with van der Waals surface area (Å²) in [6.07, 6.45) is -4.91. The van der Waals surface area contributed by atoms with Crippen LogP contribution in [0.2, 0.25) is 0 Å². The zero-order valence-corrected chi connectivity index (χ0v) is 8.89. The second kappa shape index (κ2) is 3.07. The zero-order valence-electron chi connectivity index (χ0n) is 8.89. The molecule has 0 nitrogen and oxygen atoms in total. The Morgan fingerprint density at radius 2 is 0.929 bits per heavy atom. The molecule has 0 aliphatic carbocycles. The maximum absolute atomic E-state index is 13.5. The summed E-state index contributed by atoms with van der Waals surface area (Å²) in [5.74, 6) is -3.81. The van der Waals surface area contributed by atoms with Crippen molar-refractivity contribution in [1.29, 1.82) is 0 Å². The van der Waals surface area contributed by atoms with E-state index in [4.69, 9.17) is 0 Å². The molecule has 0 spiro atoms. The van der Waals surface area contributed by atoms with Crippen LogP contribution in [0.25, 0.3) is 0 Å². The van der Waals surface area contributed by atoms with E-state index >= 15 is 0 Å². The topological polar surface area (TPSA) is 0 Å². The van der Waals surface area contributed by atoms with Crippen molar-refractivity contribution >= 4 is 0 Å². The van der Waals surface area contributed by atoms with Crippen molar-refractivity contribution in [3.05, 3.63) is 0 Å². The lowest BCUT2D eigenvalue weighted by Gasteiger charge is -2.43. The number of halogens is 5. The predicted octanol–water partition coefficient (Wildman–Crippen LogP) is 4.26. The second-order valence-electron chi connectivity index (χ2n) is 4.95. The van der Waals surface area contributed by atoms with E-state index in [9.17, 15) is 22.0 Å². The van der Waals surface area contributed by atoms with E-state index in [0.717, 1.165) is 20.8 Å². The Bertz CT molecular complexity index is 182. The van der Waals surface area contributed by atoms with Crippen LogP contribution in [-0.4, -0.2) is 12.1 Å². The van der Waals surface area contributed by atoms with E-state index in [2.05, 4.69) is 0 Å². The van der Waals surface area contributed by atoms with Crippen molar-refractivity contribution in [1.82, 2.24) is 0 Å². The van der Waals surface area contributed by atoms with Crippen molar-refractivity contribution in [3.8, 4) is 0 Å². The molecule has 5 heteroatoms. The largest absolute Gasteiger partial charge is 0.399 e. The van der Waals surface area contributed by atoms with Crippen LogP contribution in [0.4, 0.5) is 22.0 Å². The molecule has 0 N–H and O–H groups in total. The van der Waals surface area contributed by atoms with Crippen molar-refractivity contribution in [2.24, 2.45) is 10.8 Å². The van der Waals surface area contributed by atoms with Crippen molar-refractivity contribution in [2.45, 2.75) is 46.7 Å². The van der Waals surface area contributed by atoms with Crippen LogP contribution in [0.1, 0.15) is 34.6 Å². The highest BCUT2D eigenvalue weighted by Crippen LogP contribution is 2.55. The number of hydrogen-bond donors (Lipinski definition) is 0. The Morgan fingerprint density at radius 3 is 1.00 bits per heavy atom. The summed E-state index contributed by atoms with van der Waals surface area (Å²) in [7, 11) is 0. The van der Waals surface area contributed by atoms with Gasteiger partial charge in [-0.2, -0.15) is 13.2 Å². The lowest BCUT2D eigenvalue weighted by molar-refractivity contribution is -0.311. The van der Waals surface area contributed by atoms with Gasteiger partial charge in [-0.1, -0.05) is 20.8 Å². The highest BCUT2D eigenvalue weighted by Gasteiger charge is 2.67. The molecule has 0 saturated heterocycles. The Balaban J connectivity index is 5.30. The Morgan fingerprint density at radius 1 is 0.643 bits per heavy atom. The van der Waals surface area contributed by atoms with Gasteiger partial charge in [-0.05, 0) is 13.8 Å². The molecule has 0 radical (unpaired) electrons. The van der Waals surface area contributed by atoms with Gasteiger partial charge in [0.05, 0.1) is 0 Å². The first-order valence-electron chi connectivity index (χ1n) is 4.19. The third-order valence-electron chi connectivity index (χ3n) is 2.44. The second-order valence-corrected chi connectivity index (χ2v) is 4.95. The van der Waals surface area contributed by atoms with Crippen LogP contribution in [0.3, 0.4) is 0 Å². The van der Waals surface area contributed by atoms with Crippen LogP contribution >= 0.6 is 0 Å². The first kappa shape index (κ1) is 13.7. The monoisotopic (exact) mass is 218 g/mol. The molecule has 0 aliphatic rings. The molecule has 0 heterocycles. The van der Waals surface area contributed by atoms with Gasteiger partial charge in [0, 0.05) is 5.41 Å². The lowest BCUT2D eigenvalue weighted by atomic mass is 9.71. The summed E-state index contributed by atoms with van der Waals surface area (Å²) < 4.78 is 64.1. The summed E-state index contributed by atoms with van der Waals surface area (Å²) >= 11 is 0. The number of rotatable bonds is 1. The fourth-order valence-electron chi connectivity index (χ4n) is 1.12. The standard InChI is InChI=1S/C9H15F5/c1-6(2,3)8(10,11)7(4,5)9(12,13)14/h1-5H3. The summed E-state index contributed by atoms with van der Waals surface area (Å²) in [5, 5.41) is 0. The maximum Gasteiger partial charge on any atom is 0.399 e. The van der Waals surface area contributed by atoms with Crippen LogP contribution < -0.4 is 0 Å². The molecule has 0 atom stereocenters. The van der Waals surface area contributed by atoms with Gasteiger partial charge in [-0.3, -0.25) is 0 Å². The van der Waals surface area contributed by atoms with E-state index < -0.39 is 22.9 Å². The Labute approximate surface area is 80.5 Å². The predicted molar refractivity (Wildman–Crippen MR) is 44.2 cm³/mol. The van der Waals surface area contributed by atoms with E-state index in [1.807, 2.05) is 0 Å². The quantitative estimate of drug-likeness (QED) is 0.577. The van der Waals surface area contributed by atoms with Crippen LogP contribution in [0.15, 0.2) is 0 Å². The van der Waals surface area contributed by atoms with Gasteiger partial charge in [0.2, 0.25) is 0 Å². The number of alkyl halides is 5. The van der Waals surface area contributed by atoms with Gasteiger partial charge in [-0.25, -0.2) is 8.78 Å². The van der Waals surface area contributed by atoms with Crippen LogP contribution in [-0.2, 0) is 0 Å². The van der Waals surface area contributed by atoms with Gasteiger partial charge in [0.15, 0.2) is 0 Å². The summed E-state index contributed by atoms with van der Waals surface area (Å²) in [6.45, 7) is 4.35. The fourth-order valence-corrected chi connectivity index (χ4v) is 1.12. The zero-order chi connectivity index (χ0) is 12.0. The third-order valence-corrected chi connectivity index (χ3v) is 2.44. The Hall–Kier alpha value is -0.350. The lowest BCUT2D eigenvalue weighted by Crippen LogP contribution is -2.54.